The van der Waals surface area contributed by atoms with Gasteiger partial charge in [0.25, 0.3) is 0 Å². The molecule has 1 fully saturated rings. The molecule has 0 aliphatic heterocycles. The van der Waals surface area contributed by atoms with Crippen molar-refractivity contribution in [3.05, 3.63) is 35.4 Å². The average Bonchev–Trinajstić information content (AvgIpc) is 2.29. The molecule has 0 spiro atoms. The van der Waals surface area contributed by atoms with E-state index in [4.69, 9.17) is 11.6 Å². The zero-order chi connectivity index (χ0) is 10.7. The Bertz CT molecular complexity index is 359. The standard InChI is InChI=1S/C13H15ClO/c14-9-11-4-1-2-7-13(11)10-5-3-6-12(15)8-10/h1-2,4,7,10H,3,5-6,8-9H2. The van der Waals surface area contributed by atoms with Crippen molar-refractivity contribution in [1.29, 1.82) is 0 Å². The number of hydrogen-bond donors (Lipinski definition) is 0. The van der Waals surface area contributed by atoms with E-state index in [2.05, 4.69) is 12.1 Å². The lowest BCUT2D eigenvalue weighted by molar-refractivity contribution is -0.120. The Kier molecular flexibility index (Phi) is 3.42. The van der Waals surface area contributed by atoms with Gasteiger partial charge in [-0.15, -0.1) is 11.6 Å². The zero-order valence-electron chi connectivity index (χ0n) is 8.71. The number of halogens is 1. The molecule has 1 atom stereocenters. The molecule has 80 valence electrons. The molecule has 0 amide bonds. The van der Waals surface area contributed by atoms with Crippen LogP contribution in [0.2, 0.25) is 0 Å². The molecule has 2 heteroatoms. The normalized spacial score (nSPS) is 21.7. The molecule has 0 heterocycles. The number of ketones is 1. The van der Waals surface area contributed by atoms with Gasteiger partial charge in [0.15, 0.2) is 0 Å². The van der Waals surface area contributed by atoms with Crippen LogP contribution in [0, 0.1) is 0 Å². The van der Waals surface area contributed by atoms with Gasteiger partial charge in [0.05, 0.1) is 0 Å². The van der Waals surface area contributed by atoms with Crippen LogP contribution in [0.15, 0.2) is 24.3 Å². The van der Waals surface area contributed by atoms with Crippen LogP contribution in [0.5, 0.6) is 0 Å². The molecule has 1 unspecified atom stereocenters. The Morgan fingerprint density at radius 1 is 1.33 bits per heavy atom. The predicted molar refractivity (Wildman–Crippen MR) is 62.2 cm³/mol. The molecular weight excluding hydrogens is 208 g/mol. The van der Waals surface area contributed by atoms with Crippen LogP contribution < -0.4 is 0 Å². The molecule has 1 aromatic rings. The van der Waals surface area contributed by atoms with E-state index >= 15 is 0 Å². The quantitative estimate of drug-likeness (QED) is 0.699. The molecule has 1 nitrogen and oxygen atoms in total. The van der Waals surface area contributed by atoms with Crippen LogP contribution in [0.1, 0.15) is 42.7 Å². The van der Waals surface area contributed by atoms with E-state index in [9.17, 15) is 4.79 Å². The second-order valence-electron chi connectivity index (χ2n) is 4.16. The first kappa shape index (κ1) is 10.7. The number of benzene rings is 1. The number of hydrogen-bond acceptors (Lipinski definition) is 1. The Balaban J connectivity index is 2.24. The van der Waals surface area contributed by atoms with E-state index in [1.54, 1.807) is 0 Å². The van der Waals surface area contributed by atoms with Crippen molar-refractivity contribution in [2.75, 3.05) is 0 Å². The summed E-state index contributed by atoms with van der Waals surface area (Å²) in [5, 5.41) is 0. The van der Waals surface area contributed by atoms with Gasteiger partial charge in [0.2, 0.25) is 0 Å². The minimum Gasteiger partial charge on any atom is -0.300 e. The molecule has 0 saturated heterocycles. The van der Waals surface area contributed by atoms with Gasteiger partial charge in [-0.1, -0.05) is 24.3 Å². The van der Waals surface area contributed by atoms with E-state index in [0.717, 1.165) is 19.3 Å². The molecular formula is C13H15ClO. The molecule has 2 rings (SSSR count). The van der Waals surface area contributed by atoms with E-state index in [1.165, 1.54) is 11.1 Å². The fourth-order valence-electron chi connectivity index (χ4n) is 2.34. The summed E-state index contributed by atoms with van der Waals surface area (Å²) in [5.41, 5.74) is 2.46. The van der Waals surface area contributed by atoms with Crippen molar-refractivity contribution in [3.63, 3.8) is 0 Å². The Morgan fingerprint density at radius 3 is 2.87 bits per heavy atom. The maximum absolute atomic E-state index is 11.4. The highest BCUT2D eigenvalue weighted by Crippen LogP contribution is 2.33. The van der Waals surface area contributed by atoms with Crippen molar-refractivity contribution in [1.82, 2.24) is 0 Å². The van der Waals surface area contributed by atoms with Gasteiger partial charge in [-0.3, -0.25) is 4.79 Å². The molecule has 1 aliphatic carbocycles. The molecule has 1 aromatic carbocycles. The summed E-state index contributed by atoms with van der Waals surface area (Å²) in [6, 6.07) is 8.21. The number of rotatable bonds is 2. The van der Waals surface area contributed by atoms with Gasteiger partial charge in [0.1, 0.15) is 5.78 Å². The molecule has 0 bridgehead atoms. The van der Waals surface area contributed by atoms with Gasteiger partial charge < -0.3 is 0 Å². The van der Waals surface area contributed by atoms with Gasteiger partial charge in [-0.05, 0) is 29.9 Å². The van der Waals surface area contributed by atoms with Crippen molar-refractivity contribution in [2.45, 2.75) is 37.5 Å². The van der Waals surface area contributed by atoms with Crippen LogP contribution >= 0.6 is 11.6 Å². The minimum absolute atomic E-state index is 0.399. The topological polar surface area (TPSA) is 17.1 Å². The third-order valence-electron chi connectivity index (χ3n) is 3.12. The number of alkyl halides is 1. The SMILES string of the molecule is O=C1CCCC(c2ccccc2CCl)C1. The summed E-state index contributed by atoms with van der Waals surface area (Å²) in [7, 11) is 0. The summed E-state index contributed by atoms with van der Waals surface area (Å²) >= 11 is 5.90. The van der Waals surface area contributed by atoms with Gasteiger partial charge in [-0.25, -0.2) is 0 Å². The third-order valence-corrected chi connectivity index (χ3v) is 3.41. The highest BCUT2D eigenvalue weighted by atomic mass is 35.5. The van der Waals surface area contributed by atoms with E-state index in [1.807, 2.05) is 12.1 Å². The third kappa shape index (κ3) is 2.40. The van der Waals surface area contributed by atoms with Gasteiger partial charge in [0, 0.05) is 18.7 Å². The second kappa shape index (κ2) is 4.80. The fraction of sp³-hybridized carbons (Fsp3) is 0.462. The van der Waals surface area contributed by atoms with Crippen molar-refractivity contribution >= 4 is 17.4 Å². The summed E-state index contributed by atoms with van der Waals surface area (Å²) < 4.78 is 0. The summed E-state index contributed by atoms with van der Waals surface area (Å²) in [5.74, 6) is 1.35. The highest BCUT2D eigenvalue weighted by molar-refractivity contribution is 6.17. The smallest absolute Gasteiger partial charge is 0.133 e. The zero-order valence-corrected chi connectivity index (χ0v) is 9.46. The molecule has 0 radical (unpaired) electrons. The average molecular weight is 223 g/mol. The van der Waals surface area contributed by atoms with E-state index in [0.29, 0.717) is 24.0 Å². The van der Waals surface area contributed by atoms with Crippen LogP contribution in [-0.4, -0.2) is 5.78 Å². The first-order valence-corrected chi connectivity index (χ1v) is 6.00. The lowest BCUT2D eigenvalue weighted by atomic mass is 9.82. The van der Waals surface area contributed by atoms with Crippen molar-refractivity contribution in [2.24, 2.45) is 0 Å². The Hall–Kier alpha value is -0.820. The lowest BCUT2D eigenvalue weighted by Crippen LogP contribution is -2.14. The number of carbonyl (C=O) groups excluding carboxylic acids is 1. The Labute approximate surface area is 95.4 Å². The van der Waals surface area contributed by atoms with Crippen LogP contribution in [0.25, 0.3) is 0 Å². The summed E-state index contributed by atoms with van der Waals surface area (Å²) in [6.45, 7) is 0. The molecule has 15 heavy (non-hydrogen) atoms. The predicted octanol–water partition coefficient (Wildman–Crippen LogP) is 3.65. The van der Waals surface area contributed by atoms with Crippen LogP contribution in [0.3, 0.4) is 0 Å². The fourth-order valence-corrected chi connectivity index (χ4v) is 2.59. The summed E-state index contributed by atoms with van der Waals surface area (Å²) in [4.78, 5) is 11.4. The van der Waals surface area contributed by atoms with Crippen molar-refractivity contribution in [3.8, 4) is 0 Å². The van der Waals surface area contributed by atoms with Crippen molar-refractivity contribution < 1.29 is 4.79 Å². The lowest BCUT2D eigenvalue weighted by Gasteiger charge is -2.23. The summed E-state index contributed by atoms with van der Waals surface area (Å²) in [6.07, 6.45) is 3.62. The van der Waals surface area contributed by atoms with E-state index in [-0.39, 0.29) is 0 Å². The molecule has 1 aliphatic rings. The maximum Gasteiger partial charge on any atom is 0.133 e. The first-order chi connectivity index (χ1) is 7.31. The molecule has 1 saturated carbocycles. The highest BCUT2D eigenvalue weighted by Gasteiger charge is 2.22. The van der Waals surface area contributed by atoms with Gasteiger partial charge in [-0.2, -0.15) is 0 Å². The van der Waals surface area contributed by atoms with Crippen LogP contribution in [-0.2, 0) is 10.7 Å². The Morgan fingerprint density at radius 2 is 2.13 bits per heavy atom. The number of carbonyl (C=O) groups is 1. The maximum atomic E-state index is 11.4. The number of Topliss-reactive ketones (excluding diaryl/α,β-unsaturated/α-hetero) is 1. The monoisotopic (exact) mass is 222 g/mol. The first-order valence-electron chi connectivity index (χ1n) is 5.46. The van der Waals surface area contributed by atoms with Gasteiger partial charge >= 0.3 is 0 Å². The molecule has 0 N–H and O–H groups in total. The molecule has 0 aromatic heterocycles. The minimum atomic E-state index is 0.399. The largest absolute Gasteiger partial charge is 0.300 e. The second-order valence-corrected chi connectivity index (χ2v) is 4.43. The van der Waals surface area contributed by atoms with Crippen LogP contribution in [0.4, 0.5) is 0 Å². The van der Waals surface area contributed by atoms with E-state index < -0.39 is 0 Å².